The first-order chi connectivity index (χ1) is 9.06. The second-order valence-corrected chi connectivity index (χ2v) is 5.50. The third-order valence-corrected chi connectivity index (χ3v) is 3.92. The summed E-state index contributed by atoms with van der Waals surface area (Å²) in [5.41, 5.74) is 8.24. The molecule has 0 saturated heterocycles. The molecule has 2 rings (SSSR count). The standard InChI is InChI=1S/C15H22N2O2/c1-11-3-4-12(16)9-13(11)14(18)17-10-15(5-6-15)7-8-19-2/h3-4,9H,5-8,10,16H2,1-2H3,(H,17,18). The van der Waals surface area contributed by atoms with Crippen molar-refractivity contribution in [2.45, 2.75) is 26.2 Å². The first-order valence-corrected chi connectivity index (χ1v) is 6.70. The van der Waals surface area contributed by atoms with E-state index >= 15 is 0 Å². The molecule has 0 heterocycles. The Morgan fingerprint density at radius 3 is 2.84 bits per heavy atom. The summed E-state index contributed by atoms with van der Waals surface area (Å²) >= 11 is 0. The van der Waals surface area contributed by atoms with Crippen LogP contribution >= 0.6 is 0 Å². The van der Waals surface area contributed by atoms with Crippen molar-refractivity contribution in [1.82, 2.24) is 5.32 Å². The van der Waals surface area contributed by atoms with Crippen molar-refractivity contribution in [3.05, 3.63) is 29.3 Å². The molecule has 0 radical (unpaired) electrons. The van der Waals surface area contributed by atoms with E-state index in [0.29, 0.717) is 11.3 Å². The van der Waals surface area contributed by atoms with E-state index in [2.05, 4.69) is 5.32 Å². The summed E-state index contributed by atoms with van der Waals surface area (Å²) in [6, 6.07) is 5.43. The Hall–Kier alpha value is -1.55. The first-order valence-electron chi connectivity index (χ1n) is 6.70. The molecule has 0 bridgehead atoms. The highest BCUT2D eigenvalue weighted by Crippen LogP contribution is 2.48. The van der Waals surface area contributed by atoms with Gasteiger partial charge in [0.1, 0.15) is 0 Å². The number of methoxy groups -OCH3 is 1. The molecule has 4 heteroatoms. The van der Waals surface area contributed by atoms with Gasteiger partial charge in [0.25, 0.3) is 5.91 Å². The fraction of sp³-hybridized carbons (Fsp3) is 0.533. The Morgan fingerprint density at radius 1 is 1.47 bits per heavy atom. The molecule has 0 unspecified atom stereocenters. The molecule has 0 aliphatic heterocycles. The van der Waals surface area contributed by atoms with Crippen molar-refractivity contribution < 1.29 is 9.53 Å². The van der Waals surface area contributed by atoms with Gasteiger partial charge < -0.3 is 15.8 Å². The lowest BCUT2D eigenvalue weighted by Gasteiger charge is -2.16. The van der Waals surface area contributed by atoms with E-state index in [4.69, 9.17) is 10.5 Å². The number of carbonyl (C=O) groups excluding carboxylic acids is 1. The maximum absolute atomic E-state index is 12.2. The zero-order valence-corrected chi connectivity index (χ0v) is 11.7. The van der Waals surface area contributed by atoms with E-state index in [1.54, 1.807) is 13.2 Å². The van der Waals surface area contributed by atoms with Gasteiger partial charge in [-0.05, 0) is 49.3 Å². The first kappa shape index (κ1) is 13.9. The van der Waals surface area contributed by atoms with Crippen molar-refractivity contribution in [3.8, 4) is 0 Å². The summed E-state index contributed by atoms with van der Waals surface area (Å²) in [6.45, 7) is 3.41. The topological polar surface area (TPSA) is 64.3 Å². The molecular weight excluding hydrogens is 240 g/mol. The second-order valence-electron chi connectivity index (χ2n) is 5.50. The smallest absolute Gasteiger partial charge is 0.251 e. The second kappa shape index (κ2) is 5.61. The molecule has 4 nitrogen and oxygen atoms in total. The van der Waals surface area contributed by atoms with Gasteiger partial charge in [-0.25, -0.2) is 0 Å². The van der Waals surface area contributed by atoms with E-state index < -0.39 is 0 Å². The normalized spacial score (nSPS) is 16.1. The van der Waals surface area contributed by atoms with Gasteiger partial charge in [0, 0.05) is 31.5 Å². The molecule has 0 aromatic heterocycles. The minimum absolute atomic E-state index is 0.0338. The number of nitrogen functional groups attached to an aromatic ring is 1. The van der Waals surface area contributed by atoms with Gasteiger partial charge in [0.2, 0.25) is 0 Å². The Balaban J connectivity index is 1.93. The molecule has 3 N–H and O–H groups in total. The van der Waals surface area contributed by atoms with Crippen LogP contribution < -0.4 is 11.1 Å². The van der Waals surface area contributed by atoms with Crippen LogP contribution in [0.25, 0.3) is 0 Å². The zero-order valence-electron chi connectivity index (χ0n) is 11.7. The number of nitrogens with two attached hydrogens (primary N) is 1. The number of hydrogen-bond donors (Lipinski definition) is 2. The van der Waals surface area contributed by atoms with E-state index in [1.165, 1.54) is 12.8 Å². The van der Waals surface area contributed by atoms with Crippen molar-refractivity contribution in [3.63, 3.8) is 0 Å². The number of anilines is 1. The molecule has 1 amide bonds. The maximum Gasteiger partial charge on any atom is 0.251 e. The predicted octanol–water partition coefficient (Wildman–Crippen LogP) is 2.12. The minimum Gasteiger partial charge on any atom is -0.399 e. The van der Waals surface area contributed by atoms with Gasteiger partial charge in [-0.2, -0.15) is 0 Å². The average molecular weight is 262 g/mol. The summed E-state index contributed by atoms with van der Waals surface area (Å²) in [7, 11) is 1.71. The van der Waals surface area contributed by atoms with E-state index in [1.807, 2.05) is 19.1 Å². The number of nitrogens with one attached hydrogen (secondary N) is 1. The van der Waals surface area contributed by atoms with Gasteiger partial charge in [0.15, 0.2) is 0 Å². The van der Waals surface area contributed by atoms with Crippen LogP contribution in [0.4, 0.5) is 5.69 Å². The number of ether oxygens (including phenoxy) is 1. The summed E-state index contributed by atoms with van der Waals surface area (Å²) < 4.78 is 5.11. The van der Waals surface area contributed by atoms with Crippen molar-refractivity contribution in [2.75, 3.05) is 26.0 Å². The van der Waals surface area contributed by atoms with Crippen LogP contribution in [0.3, 0.4) is 0 Å². The number of benzene rings is 1. The molecule has 1 saturated carbocycles. The maximum atomic E-state index is 12.2. The predicted molar refractivity (Wildman–Crippen MR) is 76.1 cm³/mol. The van der Waals surface area contributed by atoms with Crippen molar-refractivity contribution in [2.24, 2.45) is 5.41 Å². The van der Waals surface area contributed by atoms with Crippen LogP contribution in [-0.4, -0.2) is 26.2 Å². The SMILES string of the molecule is COCCC1(CNC(=O)c2cc(N)ccc2C)CC1. The number of carbonyl (C=O) groups is 1. The minimum atomic E-state index is -0.0338. The zero-order chi connectivity index (χ0) is 13.9. The van der Waals surface area contributed by atoms with Gasteiger partial charge in [-0.15, -0.1) is 0 Å². The van der Waals surface area contributed by atoms with E-state index in [0.717, 1.165) is 25.1 Å². The fourth-order valence-electron chi connectivity index (χ4n) is 2.26. The monoisotopic (exact) mass is 262 g/mol. The Kier molecular flexibility index (Phi) is 4.10. The molecule has 1 aliphatic rings. The van der Waals surface area contributed by atoms with Crippen molar-refractivity contribution in [1.29, 1.82) is 0 Å². The highest BCUT2D eigenvalue weighted by Gasteiger charge is 2.42. The average Bonchev–Trinajstić information content (AvgIpc) is 3.17. The molecule has 0 atom stereocenters. The summed E-state index contributed by atoms with van der Waals surface area (Å²) in [4.78, 5) is 12.2. The highest BCUT2D eigenvalue weighted by atomic mass is 16.5. The van der Waals surface area contributed by atoms with Crippen LogP contribution in [0.15, 0.2) is 18.2 Å². The van der Waals surface area contributed by atoms with Crippen LogP contribution in [0.5, 0.6) is 0 Å². The molecule has 1 aromatic carbocycles. The summed E-state index contributed by atoms with van der Waals surface area (Å²) in [5, 5.41) is 3.03. The molecule has 1 aromatic rings. The molecule has 0 spiro atoms. The number of amides is 1. The largest absolute Gasteiger partial charge is 0.399 e. The summed E-state index contributed by atoms with van der Waals surface area (Å²) in [5.74, 6) is -0.0338. The van der Waals surface area contributed by atoms with Crippen LogP contribution in [0.1, 0.15) is 35.2 Å². The quantitative estimate of drug-likeness (QED) is 0.772. The lowest BCUT2D eigenvalue weighted by molar-refractivity contribution is 0.0937. The lowest BCUT2D eigenvalue weighted by atomic mass is 10.0. The highest BCUT2D eigenvalue weighted by molar-refractivity contribution is 5.96. The molecule has 104 valence electrons. The molecule has 19 heavy (non-hydrogen) atoms. The van der Waals surface area contributed by atoms with Crippen LogP contribution in [0, 0.1) is 12.3 Å². The van der Waals surface area contributed by atoms with Gasteiger partial charge in [-0.3, -0.25) is 4.79 Å². The number of hydrogen-bond acceptors (Lipinski definition) is 3. The third kappa shape index (κ3) is 3.47. The fourth-order valence-corrected chi connectivity index (χ4v) is 2.26. The molecular formula is C15H22N2O2. The third-order valence-electron chi connectivity index (χ3n) is 3.92. The molecule has 1 aliphatic carbocycles. The van der Waals surface area contributed by atoms with E-state index in [9.17, 15) is 4.79 Å². The van der Waals surface area contributed by atoms with Crippen LogP contribution in [0.2, 0.25) is 0 Å². The van der Waals surface area contributed by atoms with Crippen molar-refractivity contribution >= 4 is 11.6 Å². The number of aryl methyl sites for hydroxylation is 1. The summed E-state index contributed by atoms with van der Waals surface area (Å²) in [6.07, 6.45) is 3.36. The Bertz CT molecular complexity index is 467. The van der Waals surface area contributed by atoms with E-state index in [-0.39, 0.29) is 11.3 Å². The van der Waals surface area contributed by atoms with Crippen LogP contribution in [-0.2, 0) is 4.74 Å². The molecule has 1 fully saturated rings. The lowest BCUT2D eigenvalue weighted by Crippen LogP contribution is -2.31. The van der Waals surface area contributed by atoms with Gasteiger partial charge >= 0.3 is 0 Å². The number of rotatable bonds is 6. The van der Waals surface area contributed by atoms with Gasteiger partial charge in [-0.1, -0.05) is 6.07 Å². The van der Waals surface area contributed by atoms with Gasteiger partial charge in [0.05, 0.1) is 0 Å². The Morgan fingerprint density at radius 2 is 2.21 bits per heavy atom. The Labute approximate surface area is 114 Å².